The Morgan fingerprint density at radius 1 is 0.800 bits per heavy atom. The van der Waals surface area contributed by atoms with Crippen LogP contribution in [-0.2, 0) is 6.42 Å². The predicted molar refractivity (Wildman–Crippen MR) is 101 cm³/mol. The molecule has 1 nitrogen and oxygen atoms in total. The Morgan fingerprint density at radius 2 is 1.48 bits per heavy atom. The highest BCUT2D eigenvalue weighted by atomic mass is 19.1. The van der Waals surface area contributed by atoms with Gasteiger partial charge in [-0.05, 0) is 53.3 Å². The molecular weight excluding hydrogens is 311 g/mol. The third kappa shape index (κ3) is 3.08. The average Bonchev–Trinajstić information content (AvgIpc) is 2.62. The number of benzene rings is 3. The molecule has 0 aliphatic heterocycles. The first-order valence-corrected chi connectivity index (χ1v) is 8.49. The van der Waals surface area contributed by atoms with Crippen LogP contribution in [0, 0.1) is 12.7 Å². The van der Waals surface area contributed by atoms with E-state index in [1.165, 1.54) is 5.56 Å². The van der Waals surface area contributed by atoms with Crippen LogP contribution in [0.5, 0.6) is 0 Å². The van der Waals surface area contributed by atoms with Crippen LogP contribution in [0.2, 0.25) is 0 Å². The number of allylic oxidation sites excluding steroid dienone is 1. The van der Waals surface area contributed by atoms with E-state index in [-0.39, 0.29) is 5.82 Å². The summed E-state index contributed by atoms with van der Waals surface area (Å²) in [6.45, 7) is 2.02. The second-order valence-corrected chi connectivity index (χ2v) is 6.61. The number of fused-ring (bicyclic) bond motifs is 1. The number of aliphatic hydroxyl groups excluding tert-OH is 1. The highest BCUT2D eigenvalue weighted by Crippen LogP contribution is 2.31. The molecule has 0 saturated heterocycles. The van der Waals surface area contributed by atoms with Crippen LogP contribution in [0.1, 0.15) is 23.1 Å². The van der Waals surface area contributed by atoms with Crippen molar-refractivity contribution in [1.82, 2.24) is 0 Å². The first-order chi connectivity index (χ1) is 12.1. The number of aryl methyl sites for hydroxylation is 2. The van der Waals surface area contributed by atoms with Crippen LogP contribution < -0.4 is 0 Å². The summed E-state index contributed by atoms with van der Waals surface area (Å²) in [4.78, 5) is 0. The molecule has 25 heavy (non-hydrogen) atoms. The highest BCUT2D eigenvalue weighted by molar-refractivity contribution is 5.73. The Morgan fingerprint density at radius 3 is 2.24 bits per heavy atom. The van der Waals surface area contributed by atoms with Crippen LogP contribution in [0.15, 0.2) is 66.4 Å². The molecule has 0 spiro atoms. The molecular formula is C23H19FO. The number of hydrogen-bond donors (Lipinski definition) is 1. The maximum absolute atomic E-state index is 14.7. The van der Waals surface area contributed by atoms with Gasteiger partial charge in [0.1, 0.15) is 5.82 Å². The summed E-state index contributed by atoms with van der Waals surface area (Å²) < 4.78 is 14.7. The third-order valence-electron chi connectivity index (χ3n) is 4.78. The highest BCUT2D eigenvalue weighted by Gasteiger charge is 2.12. The summed E-state index contributed by atoms with van der Waals surface area (Å²) >= 11 is 0. The van der Waals surface area contributed by atoms with Crippen molar-refractivity contribution in [3.63, 3.8) is 0 Å². The van der Waals surface area contributed by atoms with Crippen molar-refractivity contribution >= 4 is 6.08 Å². The summed E-state index contributed by atoms with van der Waals surface area (Å²) in [6, 6.07) is 19.4. The Labute approximate surface area is 147 Å². The van der Waals surface area contributed by atoms with E-state index in [0.29, 0.717) is 17.7 Å². The molecule has 1 N–H and O–H groups in total. The number of hydrogen-bond acceptors (Lipinski definition) is 1. The first kappa shape index (κ1) is 15.6. The quantitative estimate of drug-likeness (QED) is 0.583. The molecule has 0 radical (unpaired) electrons. The van der Waals surface area contributed by atoms with Gasteiger partial charge in [0.15, 0.2) is 0 Å². The molecule has 0 fully saturated rings. The first-order valence-electron chi connectivity index (χ1n) is 8.49. The summed E-state index contributed by atoms with van der Waals surface area (Å²) in [7, 11) is 0. The smallest absolute Gasteiger partial charge is 0.131 e. The fourth-order valence-corrected chi connectivity index (χ4v) is 3.32. The van der Waals surface area contributed by atoms with Gasteiger partial charge in [-0.15, -0.1) is 0 Å². The Hall–Kier alpha value is -2.87. The molecule has 4 rings (SSSR count). The monoisotopic (exact) mass is 330 g/mol. The molecule has 0 heterocycles. The fraction of sp³-hybridized carbons (Fsp3) is 0.130. The van der Waals surface area contributed by atoms with Gasteiger partial charge in [-0.25, -0.2) is 4.39 Å². The Balaban J connectivity index is 1.70. The third-order valence-corrected chi connectivity index (χ3v) is 4.78. The summed E-state index contributed by atoms with van der Waals surface area (Å²) in [5, 5.41) is 9.65. The molecule has 0 bridgehead atoms. The molecule has 0 unspecified atom stereocenters. The molecule has 0 atom stereocenters. The average molecular weight is 330 g/mol. The van der Waals surface area contributed by atoms with Gasteiger partial charge >= 0.3 is 0 Å². The standard InChI is InChI=1S/C23H19FO/c1-15-2-4-16(5-3-15)22-11-9-20(14-23(22)24)17-6-7-19-13-21(25)10-8-18(19)12-17/h2-7,9,11-14,25H,8,10H2,1H3. The molecule has 1 aliphatic rings. The number of halogens is 1. The van der Waals surface area contributed by atoms with E-state index in [1.807, 2.05) is 61.5 Å². The van der Waals surface area contributed by atoms with Crippen molar-refractivity contribution in [2.24, 2.45) is 0 Å². The molecule has 3 aromatic rings. The van der Waals surface area contributed by atoms with Gasteiger partial charge in [-0.2, -0.15) is 0 Å². The van der Waals surface area contributed by atoms with E-state index < -0.39 is 0 Å². The predicted octanol–water partition coefficient (Wildman–Crippen LogP) is 6.31. The van der Waals surface area contributed by atoms with Crippen LogP contribution in [0.25, 0.3) is 28.3 Å². The lowest BCUT2D eigenvalue weighted by atomic mass is 9.92. The van der Waals surface area contributed by atoms with Crippen LogP contribution in [0.4, 0.5) is 4.39 Å². The van der Waals surface area contributed by atoms with Crippen molar-refractivity contribution in [2.45, 2.75) is 19.8 Å². The van der Waals surface area contributed by atoms with Gasteiger partial charge in [0.05, 0.1) is 5.76 Å². The summed E-state index contributed by atoms with van der Waals surface area (Å²) in [5.74, 6) is 0.213. The van der Waals surface area contributed by atoms with Gasteiger partial charge in [-0.3, -0.25) is 0 Å². The largest absolute Gasteiger partial charge is 0.512 e. The van der Waals surface area contributed by atoms with Crippen molar-refractivity contribution in [3.05, 3.63) is 88.9 Å². The number of aliphatic hydroxyl groups is 1. The normalized spacial score (nSPS) is 13.3. The van der Waals surface area contributed by atoms with Crippen molar-refractivity contribution < 1.29 is 9.50 Å². The zero-order valence-corrected chi connectivity index (χ0v) is 14.1. The van der Waals surface area contributed by atoms with E-state index in [1.54, 1.807) is 6.07 Å². The summed E-state index contributed by atoms with van der Waals surface area (Å²) in [5.41, 5.74) is 6.78. The minimum atomic E-state index is -0.211. The van der Waals surface area contributed by atoms with Crippen LogP contribution in [0.3, 0.4) is 0 Å². The van der Waals surface area contributed by atoms with Gasteiger partial charge < -0.3 is 5.11 Å². The zero-order valence-electron chi connectivity index (χ0n) is 14.1. The van der Waals surface area contributed by atoms with Crippen molar-refractivity contribution in [1.29, 1.82) is 0 Å². The zero-order chi connectivity index (χ0) is 17.4. The second kappa shape index (κ2) is 6.21. The van der Waals surface area contributed by atoms with Gasteiger partial charge in [0, 0.05) is 12.0 Å². The van der Waals surface area contributed by atoms with E-state index >= 15 is 0 Å². The SMILES string of the molecule is Cc1ccc(-c2ccc(-c3ccc4c(c3)CCC(O)=C4)cc2F)cc1. The molecule has 3 aromatic carbocycles. The lowest BCUT2D eigenvalue weighted by Crippen LogP contribution is -1.99. The van der Waals surface area contributed by atoms with Crippen molar-refractivity contribution in [2.75, 3.05) is 0 Å². The molecule has 0 saturated carbocycles. The Bertz CT molecular complexity index is 968. The second-order valence-electron chi connectivity index (χ2n) is 6.61. The van der Waals surface area contributed by atoms with Gasteiger partial charge in [0.25, 0.3) is 0 Å². The van der Waals surface area contributed by atoms with E-state index in [2.05, 4.69) is 6.07 Å². The van der Waals surface area contributed by atoms with Crippen LogP contribution >= 0.6 is 0 Å². The fourth-order valence-electron chi connectivity index (χ4n) is 3.32. The Kier molecular flexibility index (Phi) is 3.89. The lowest BCUT2D eigenvalue weighted by Gasteiger charge is -2.15. The molecule has 0 aromatic heterocycles. The van der Waals surface area contributed by atoms with Crippen LogP contribution in [-0.4, -0.2) is 5.11 Å². The lowest BCUT2D eigenvalue weighted by molar-refractivity contribution is 0.391. The molecule has 0 amide bonds. The summed E-state index contributed by atoms with van der Waals surface area (Å²) in [6.07, 6.45) is 3.29. The van der Waals surface area contributed by atoms with E-state index in [4.69, 9.17) is 0 Å². The van der Waals surface area contributed by atoms with E-state index in [0.717, 1.165) is 34.2 Å². The maximum Gasteiger partial charge on any atom is 0.131 e. The molecule has 1 aliphatic carbocycles. The minimum absolute atomic E-state index is 0.211. The van der Waals surface area contributed by atoms with Gasteiger partial charge in [-0.1, -0.05) is 60.2 Å². The maximum atomic E-state index is 14.7. The molecule has 124 valence electrons. The molecule has 2 heteroatoms. The minimum Gasteiger partial charge on any atom is -0.512 e. The van der Waals surface area contributed by atoms with Crippen molar-refractivity contribution in [3.8, 4) is 22.3 Å². The topological polar surface area (TPSA) is 20.2 Å². The van der Waals surface area contributed by atoms with Gasteiger partial charge in [0.2, 0.25) is 0 Å². The number of rotatable bonds is 2. The van der Waals surface area contributed by atoms with E-state index in [9.17, 15) is 9.50 Å².